The third-order valence-electron chi connectivity index (χ3n) is 13.7. The summed E-state index contributed by atoms with van der Waals surface area (Å²) in [5.41, 5.74) is 17.7. The van der Waals surface area contributed by atoms with Crippen LogP contribution in [0.3, 0.4) is 0 Å². The molecular formula is C64H65P. The van der Waals surface area contributed by atoms with Crippen molar-refractivity contribution in [3.63, 3.8) is 0 Å². The Hall–Kier alpha value is -5.81. The quantitative estimate of drug-likeness (QED) is 0.119. The third kappa shape index (κ3) is 8.37. The first kappa shape index (κ1) is 44.4. The summed E-state index contributed by atoms with van der Waals surface area (Å²) >= 11 is 0. The first-order chi connectivity index (χ1) is 30.7. The Balaban J connectivity index is 1.59. The lowest BCUT2D eigenvalue weighted by atomic mass is 9.75. The second-order valence-corrected chi connectivity index (χ2v) is 23.2. The zero-order chi connectivity index (χ0) is 46.2. The van der Waals surface area contributed by atoms with E-state index in [1.165, 1.54) is 116 Å². The zero-order valence-corrected chi connectivity index (χ0v) is 41.8. The van der Waals surface area contributed by atoms with Crippen molar-refractivity contribution in [2.45, 2.75) is 105 Å². The number of hydrogen-bond acceptors (Lipinski definition) is 0. The molecule has 0 aliphatic carbocycles. The fraction of sp³-hybridized carbons (Fsp3) is 0.250. The Labute approximate surface area is 391 Å². The van der Waals surface area contributed by atoms with Crippen LogP contribution in [0.2, 0.25) is 0 Å². The summed E-state index contributed by atoms with van der Waals surface area (Å²) in [6.07, 6.45) is 0. The SMILES string of the molecule is CC(C)(C)c1ccc(-c2c3ccc(C(C)(C)C)cc3c(-c3ccc(-c4ccccc4)cc3)c3c(-c4ccc(C(C)(C)C)cc4)c4ccc(C(C)(C)C)cc4c(-c4ccc(P)cc4)c23)cc1. The Bertz CT molecular complexity index is 3210. The Morgan fingerprint density at radius 3 is 0.892 bits per heavy atom. The smallest absolute Gasteiger partial charge is 0.000139 e. The van der Waals surface area contributed by atoms with E-state index in [0.29, 0.717) is 0 Å². The summed E-state index contributed by atoms with van der Waals surface area (Å²) in [6.45, 7) is 27.9. The van der Waals surface area contributed by atoms with Gasteiger partial charge in [-0.1, -0.05) is 235 Å². The maximum absolute atomic E-state index is 2.91. The van der Waals surface area contributed by atoms with Gasteiger partial charge in [-0.05, 0) is 149 Å². The van der Waals surface area contributed by atoms with Crippen LogP contribution in [0.4, 0.5) is 0 Å². The number of benzene rings is 9. The molecule has 9 aromatic carbocycles. The molecule has 0 N–H and O–H groups in total. The van der Waals surface area contributed by atoms with Gasteiger partial charge in [-0.25, -0.2) is 0 Å². The van der Waals surface area contributed by atoms with Gasteiger partial charge in [0.2, 0.25) is 0 Å². The molecule has 0 nitrogen and oxygen atoms in total. The van der Waals surface area contributed by atoms with E-state index in [9.17, 15) is 0 Å². The summed E-state index contributed by atoms with van der Waals surface area (Å²) in [5, 5.41) is 8.83. The number of hydrogen-bond donors (Lipinski definition) is 0. The van der Waals surface area contributed by atoms with Gasteiger partial charge in [-0.15, -0.1) is 9.24 Å². The van der Waals surface area contributed by atoms with E-state index in [1.807, 2.05) is 0 Å². The van der Waals surface area contributed by atoms with Gasteiger partial charge in [0.15, 0.2) is 0 Å². The number of fused-ring (bicyclic) bond motifs is 3. The fourth-order valence-electron chi connectivity index (χ4n) is 9.74. The maximum Gasteiger partial charge on any atom is -0.000139 e. The number of rotatable bonds is 5. The summed E-state index contributed by atoms with van der Waals surface area (Å²) in [4.78, 5) is 0. The molecule has 0 amide bonds. The molecule has 0 saturated carbocycles. The van der Waals surface area contributed by atoms with E-state index in [0.717, 1.165) is 0 Å². The van der Waals surface area contributed by atoms with Gasteiger partial charge in [-0.2, -0.15) is 0 Å². The maximum atomic E-state index is 2.91. The van der Waals surface area contributed by atoms with Crippen LogP contribution in [0.1, 0.15) is 105 Å². The van der Waals surface area contributed by atoms with Gasteiger partial charge in [0, 0.05) is 0 Å². The molecule has 0 heterocycles. The molecule has 65 heavy (non-hydrogen) atoms. The van der Waals surface area contributed by atoms with E-state index >= 15 is 0 Å². The van der Waals surface area contributed by atoms with E-state index in [2.05, 4.69) is 256 Å². The Morgan fingerprint density at radius 1 is 0.262 bits per heavy atom. The lowest BCUT2D eigenvalue weighted by Gasteiger charge is -2.28. The largest absolute Gasteiger partial charge is 0.106 e. The van der Waals surface area contributed by atoms with Gasteiger partial charge in [0.1, 0.15) is 0 Å². The minimum Gasteiger partial charge on any atom is -0.106 e. The zero-order valence-electron chi connectivity index (χ0n) is 40.7. The molecule has 9 rings (SSSR count). The van der Waals surface area contributed by atoms with Gasteiger partial charge < -0.3 is 0 Å². The topological polar surface area (TPSA) is 0 Å². The van der Waals surface area contributed by atoms with Crippen LogP contribution in [0.15, 0.2) is 164 Å². The Kier molecular flexibility index (Phi) is 11.1. The van der Waals surface area contributed by atoms with E-state index in [-0.39, 0.29) is 21.7 Å². The second-order valence-electron chi connectivity index (χ2n) is 22.5. The van der Waals surface area contributed by atoms with Crippen molar-refractivity contribution in [1.82, 2.24) is 0 Å². The molecule has 1 atom stereocenters. The molecule has 0 radical (unpaired) electrons. The highest BCUT2D eigenvalue weighted by Crippen LogP contribution is 2.55. The van der Waals surface area contributed by atoms with E-state index < -0.39 is 0 Å². The minimum atomic E-state index is -0.0600. The highest BCUT2D eigenvalue weighted by atomic mass is 31.0. The molecule has 0 saturated heterocycles. The predicted molar refractivity (Wildman–Crippen MR) is 290 cm³/mol. The first-order valence-electron chi connectivity index (χ1n) is 23.5. The Morgan fingerprint density at radius 2 is 0.538 bits per heavy atom. The monoisotopic (exact) mass is 864 g/mol. The summed E-state index contributed by atoms with van der Waals surface area (Å²) in [7, 11) is 2.91. The van der Waals surface area contributed by atoms with Crippen LogP contribution in [-0.2, 0) is 21.7 Å². The van der Waals surface area contributed by atoms with Crippen LogP contribution >= 0.6 is 9.24 Å². The predicted octanol–water partition coefficient (Wildman–Crippen LogP) is 18.2. The fourth-order valence-corrected chi connectivity index (χ4v) is 9.94. The molecule has 1 heteroatoms. The van der Waals surface area contributed by atoms with Crippen LogP contribution in [0.5, 0.6) is 0 Å². The van der Waals surface area contributed by atoms with Crippen molar-refractivity contribution in [2.75, 3.05) is 0 Å². The molecule has 0 aromatic heterocycles. The standard InChI is InChI=1S/C64H65P/c1-61(2,3)46-28-22-43(23-29-46)55-52-37-33-49(64(10,11)12)39-54(52)58(45-26-34-50(65)35-27-45)60-56(44-24-30-47(31-25-44)62(4,5)6)51-36-32-48(63(7,8)9)38-53(51)57(59(55)60)42-20-18-41(19-21-42)40-16-14-13-15-17-40/h13-39H,65H2,1-12H3. The molecular weight excluding hydrogens is 800 g/mol. The highest BCUT2D eigenvalue weighted by molar-refractivity contribution is 7.27. The average Bonchev–Trinajstić information content (AvgIpc) is 3.27. The highest BCUT2D eigenvalue weighted by Gasteiger charge is 2.29. The summed E-state index contributed by atoms with van der Waals surface area (Å²) in [6, 6.07) is 63.0. The lowest BCUT2D eigenvalue weighted by Crippen LogP contribution is -2.11. The average molecular weight is 865 g/mol. The molecule has 1 unspecified atom stereocenters. The van der Waals surface area contributed by atoms with Crippen LogP contribution in [0.25, 0.3) is 88.0 Å². The van der Waals surface area contributed by atoms with Gasteiger partial charge in [0.05, 0.1) is 0 Å². The normalized spacial score (nSPS) is 12.7. The van der Waals surface area contributed by atoms with E-state index in [4.69, 9.17) is 0 Å². The van der Waals surface area contributed by atoms with Crippen molar-refractivity contribution in [3.05, 3.63) is 186 Å². The molecule has 0 bridgehead atoms. The second kappa shape index (κ2) is 16.3. The van der Waals surface area contributed by atoms with Gasteiger partial charge in [0.25, 0.3) is 0 Å². The van der Waals surface area contributed by atoms with E-state index in [1.54, 1.807) is 0 Å². The van der Waals surface area contributed by atoms with Crippen molar-refractivity contribution in [3.8, 4) is 55.6 Å². The third-order valence-corrected chi connectivity index (χ3v) is 14.0. The van der Waals surface area contributed by atoms with Gasteiger partial charge >= 0.3 is 0 Å². The van der Waals surface area contributed by atoms with Crippen molar-refractivity contribution in [2.24, 2.45) is 0 Å². The molecule has 0 aliphatic rings. The van der Waals surface area contributed by atoms with Crippen LogP contribution < -0.4 is 5.30 Å². The van der Waals surface area contributed by atoms with Gasteiger partial charge in [-0.3, -0.25) is 0 Å². The molecule has 326 valence electrons. The van der Waals surface area contributed by atoms with Crippen molar-refractivity contribution < 1.29 is 0 Å². The molecule has 9 aromatic rings. The minimum absolute atomic E-state index is 0.0233. The first-order valence-corrected chi connectivity index (χ1v) is 24.0. The molecule has 0 fully saturated rings. The van der Waals surface area contributed by atoms with Crippen molar-refractivity contribution >= 4 is 46.9 Å². The van der Waals surface area contributed by atoms with Crippen LogP contribution in [0, 0.1) is 0 Å². The lowest BCUT2D eigenvalue weighted by molar-refractivity contribution is 0.590. The van der Waals surface area contributed by atoms with Crippen LogP contribution in [-0.4, -0.2) is 0 Å². The van der Waals surface area contributed by atoms with Crippen molar-refractivity contribution in [1.29, 1.82) is 0 Å². The summed E-state index contributed by atoms with van der Waals surface area (Å²) in [5.74, 6) is 0. The summed E-state index contributed by atoms with van der Waals surface area (Å²) < 4.78 is 0. The molecule has 0 aliphatic heterocycles. The molecule has 0 spiro atoms.